The highest BCUT2D eigenvalue weighted by atomic mass is 15.3. The molecule has 2 saturated heterocycles. The first-order chi connectivity index (χ1) is 12.5. The largest absolute Gasteiger partial charge is 0.305 e. The Balaban J connectivity index is 1.41. The third-order valence-corrected chi connectivity index (χ3v) is 6.74. The van der Waals surface area contributed by atoms with Crippen LogP contribution in [0.1, 0.15) is 42.0 Å². The molecule has 0 saturated carbocycles. The normalized spacial score (nSPS) is 24.2. The van der Waals surface area contributed by atoms with E-state index >= 15 is 0 Å². The van der Waals surface area contributed by atoms with Crippen LogP contribution in [0.2, 0.25) is 0 Å². The summed E-state index contributed by atoms with van der Waals surface area (Å²) in [4.78, 5) is 5.20. The SMILES string of the molecule is Cc1c(CN2CCC3(CC2)CC(c2ccccc2)CN(C)C3)cnn1C. The molecule has 1 unspecified atom stereocenters. The topological polar surface area (TPSA) is 24.3 Å². The maximum absolute atomic E-state index is 4.40. The minimum atomic E-state index is 0.494. The van der Waals surface area contributed by atoms with Gasteiger partial charge in [0.15, 0.2) is 0 Å². The predicted molar refractivity (Wildman–Crippen MR) is 106 cm³/mol. The van der Waals surface area contributed by atoms with Gasteiger partial charge >= 0.3 is 0 Å². The summed E-state index contributed by atoms with van der Waals surface area (Å²) in [5.41, 5.74) is 4.69. The van der Waals surface area contributed by atoms with Crippen molar-refractivity contribution in [2.75, 3.05) is 33.2 Å². The van der Waals surface area contributed by atoms with Crippen LogP contribution in [-0.2, 0) is 13.6 Å². The number of piperidine rings is 2. The lowest BCUT2D eigenvalue weighted by Gasteiger charge is -2.49. The molecule has 2 aliphatic rings. The molecule has 4 heteroatoms. The van der Waals surface area contributed by atoms with Crippen molar-refractivity contribution in [1.29, 1.82) is 0 Å². The summed E-state index contributed by atoms with van der Waals surface area (Å²) in [6, 6.07) is 11.1. The molecule has 0 bridgehead atoms. The minimum Gasteiger partial charge on any atom is -0.305 e. The van der Waals surface area contributed by atoms with Crippen LogP contribution >= 0.6 is 0 Å². The first-order valence-corrected chi connectivity index (χ1v) is 9.98. The Labute approximate surface area is 157 Å². The van der Waals surface area contributed by atoms with E-state index in [-0.39, 0.29) is 0 Å². The van der Waals surface area contributed by atoms with Crippen LogP contribution in [0.3, 0.4) is 0 Å². The lowest BCUT2D eigenvalue weighted by molar-refractivity contribution is 0.0218. The average molecular weight is 353 g/mol. The number of aryl methyl sites for hydroxylation is 1. The fraction of sp³-hybridized carbons (Fsp3) is 0.591. The standard InChI is InChI=1S/C22H32N4/c1-18-21(14-23-25(18)3)16-26-11-9-22(10-12-26)13-20(15-24(2)17-22)19-7-5-4-6-8-19/h4-8,14,20H,9-13,15-17H2,1-3H3. The zero-order chi connectivity index (χ0) is 18.1. The molecule has 26 heavy (non-hydrogen) atoms. The molecule has 0 aliphatic carbocycles. The third kappa shape index (κ3) is 3.58. The maximum atomic E-state index is 4.40. The third-order valence-electron chi connectivity index (χ3n) is 6.74. The van der Waals surface area contributed by atoms with E-state index in [0.717, 1.165) is 6.54 Å². The fourth-order valence-electron chi connectivity index (χ4n) is 5.10. The van der Waals surface area contributed by atoms with Gasteiger partial charge in [0, 0.05) is 37.9 Å². The molecule has 1 aromatic carbocycles. The van der Waals surface area contributed by atoms with Gasteiger partial charge in [-0.1, -0.05) is 30.3 Å². The zero-order valence-corrected chi connectivity index (χ0v) is 16.5. The van der Waals surface area contributed by atoms with Gasteiger partial charge in [0.05, 0.1) is 6.20 Å². The van der Waals surface area contributed by atoms with E-state index < -0.39 is 0 Å². The second-order valence-corrected chi connectivity index (χ2v) is 8.66. The Kier molecular flexibility index (Phi) is 4.89. The van der Waals surface area contributed by atoms with Gasteiger partial charge in [0.1, 0.15) is 0 Å². The molecular formula is C22H32N4. The minimum absolute atomic E-state index is 0.494. The molecule has 4 rings (SSSR count). The molecular weight excluding hydrogens is 320 g/mol. The number of aromatic nitrogens is 2. The van der Waals surface area contributed by atoms with Crippen molar-refractivity contribution in [1.82, 2.24) is 19.6 Å². The van der Waals surface area contributed by atoms with Gasteiger partial charge in [0.2, 0.25) is 0 Å². The molecule has 2 aliphatic heterocycles. The number of benzene rings is 1. The smallest absolute Gasteiger partial charge is 0.0537 e. The number of nitrogens with zero attached hydrogens (tertiary/aromatic N) is 4. The number of hydrogen-bond acceptors (Lipinski definition) is 3. The highest BCUT2D eigenvalue weighted by Gasteiger charge is 2.41. The fourth-order valence-corrected chi connectivity index (χ4v) is 5.10. The number of likely N-dealkylation sites (N-methyl/N-ethyl adjacent to an activating group) is 1. The van der Waals surface area contributed by atoms with E-state index in [0.29, 0.717) is 11.3 Å². The van der Waals surface area contributed by atoms with E-state index in [1.807, 2.05) is 17.9 Å². The van der Waals surface area contributed by atoms with Crippen LogP contribution in [0.5, 0.6) is 0 Å². The van der Waals surface area contributed by atoms with Gasteiger partial charge in [-0.15, -0.1) is 0 Å². The molecule has 4 nitrogen and oxygen atoms in total. The van der Waals surface area contributed by atoms with Crippen molar-refractivity contribution < 1.29 is 0 Å². The Morgan fingerprint density at radius 1 is 1.12 bits per heavy atom. The Morgan fingerprint density at radius 2 is 1.85 bits per heavy atom. The number of rotatable bonds is 3. The number of hydrogen-bond donors (Lipinski definition) is 0. The van der Waals surface area contributed by atoms with Gasteiger partial charge in [-0.2, -0.15) is 5.10 Å². The molecule has 2 aromatic rings. The summed E-state index contributed by atoms with van der Waals surface area (Å²) in [6.45, 7) is 8.11. The van der Waals surface area contributed by atoms with Crippen molar-refractivity contribution in [2.24, 2.45) is 12.5 Å². The lowest BCUT2D eigenvalue weighted by atomic mass is 9.68. The molecule has 0 N–H and O–H groups in total. The quantitative estimate of drug-likeness (QED) is 0.846. The summed E-state index contributed by atoms with van der Waals surface area (Å²) in [5.74, 6) is 0.682. The van der Waals surface area contributed by atoms with Crippen LogP contribution < -0.4 is 0 Å². The van der Waals surface area contributed by atoms with Gasteiger partial charge in [-0.25, -0.2) is 0 Å². The van der Waals surface area contributed by atoms with E-state index in [1.165, 1.54) is 62.3 Å². The summed E-state index contributed by atoms with van der Waals surface area (Å²) in [5, 5.41) is 4.40. The summed E-state index contributed by atoms with van der Waals surface area (Å²) in [6.07, 6.45) is 6.03. The molecule has 1 aromatic heterocycles. The second-order valence-electron chi connectivity index (χ2n) is 8.66. The van der Waals surface area contributed by atoms with E-state index in [9.17, 15) is 0 Å². The summed E-state index contributed by atoms with van der Waals surface area (Å²) >= 11 is 0. The Hall–Kier alpha value is -1.65. The summed E-state index contributed by atoms with van der Waals surface area (Å²) in [7, 11) is 4.34. The average Bonchev–Trinajstić information content (AvgIpc) is 2.96. The van der Waals surface area contributed by atoms with E-state index in [1.54, 1.807) is 0 Å². The predicted octanol–water partition coefficient (Wildman–Crippen LogP) is 3.43. The number of likely N-dealkylation sites (tertiary alicyclic amines) is 2. The Morgan fingerprint density at radius 3 is 2.50 bits per heavy atom. The first-order valence-electron chi connectivity index (χ1n) is 9.98. The van der Waals surface area contributed by atoms with Crippen LogP contribution in [0.4, 0.5) is 0 Å². The molecule has 0 radical (unpaired) electrons. The highest BCUT2D eigenvalue weighted by molar-refractivity contribution is 5.22. The molecule has 0 amide bonds. The van der Waals surface area contributed by atoms with Gasteiger partial charge in [-0.05, 0) is 63.2 Å². The molecule has 2 fully saturated rings. The van der Waals surface area contributed by atoms with Crippen molar-refractivity contribution in [3.8, 4) is 0 Å². The maximum Gasteiger partial charge on any atom is 0.0537 e. The highest BCUT2D eigenvalue weighted by Crippen LogP contribution is 2.44. The van der Waals surface area contributed by atoms with Crippen LogP contribution in [0.15, 0.2) is 36.5 Å². The van der Waals surface area contributed by atoms with Crippen LogP contribution in [-0.4, -0.2) is 52.8 Å². The second kappa shape index (κ2) is 7.16. The van der Waals surface area contributed by atoms with Gasteiger partial charge in [0.25, 0.3) is 0 Å². The van der Waals surface area contributed by atoms with E-state index in [2.05, 4.69) is 59.2 Å². The monoisotopic (exact) mass is 352 g/mol. The van der Waals surface area contributed by atoms with Gasteiger partial charge in [-0.3, -0.25) is 9.58 Å². The molecule has 1 atom stereocenters. The van der Waals surface area contributed by atoms with Crippen molar-refractivity contribution >= 4 is 0 Å². The van der Waals surface area contributed by atoms with Crippen molar-refractivity contribution in [3.63, 3.8) is 0 Å². The van der Waals surface area contributed by atoms with E-state index in [4.69, 9.17) is 0 Å². The zero-order valence-electron chi connectivity index (χ0n) is 16.5. The molecule has 1 spiro atoms. The van der Waals surface area contributed by atoms with Crippen LogP contribution in [0, 0.1) is 12.3 Å². The molecule has 3 heterocycles. The summed E-state index contributed by atoms with van der Waals surface area (Å²) < 4.78 is 1.99. The lowest BCUT2D eigenvalue weighted by Crippen LogP contribution is -2.50. The Bertz CT molecular complexity index is 728. The first kappa shape index (κ1) is 17.7. The van der Waals surface area contributed by atoms with Gasteiger partial charge < -0.3 is 4.90 Å². The van der Waals surface area contributed by atoms with Crippen molar-refractivity contribution in [2.45, 2.75) is 38.6 Å². The van der Waals surface area contributed by atoms with Crippen LogP contribution in [0.25, 0.3) is 0 Å². The van der Waals surface area contributed by atoms with Crippen molar-refractivity contribution in [3.05, 3.63) is 53.3 Å². The molecule has 140 valence electrons.